The summed E-state index contributed by atoms with van der Waals surface area (Å²) in [7, 11) is 0. The number of ether oxygens (including phenoxy) is 2. The van der Waals surface area contributed by atoms with Gasteiger partial charge in [0, 0.05) is 38.3 Å². The summed E-state index contributed by atoms with van der Waals surface area (Å²) in [5, 5.41) is 12.6. The number of hydrogen-bond acceptors (Lipinski definition) is 6. The highest BCUT2D eigenvalue weighted by molar-refractivity contribution is 6.00. The van der Waals surface area contributed by atoms with E-state index in [0.717, 1.165) is 36.2 Å². The van der Waals surface area contributed by atoms with Crippen molar-refractivity contribution in [3.63, 3.8) is 0 Å². The van der Waals surface area contributed by atoms with E-state index in [1.807, 2.05) is 6.07 Å². The molecule has 0 saturated heterocycles. The van der Waals surface area contributed by atoms with E-state index in [0.29, 0.717) is 49.8 Å². The molecule has 0 radical (unpaired) electrons. The number of aliphatic hydroxyl groups is 1. The van der Waals surface area contributed by atoms with Crippen molar-refractivity contribution in [3.05, 3.63) is 52.8 Å². The van der Waals surface area contributed by atoms with E-state index in [1.54, 1.807) is 6.07 Å². The molecule has 1 amide bonds. The van der Waals surface area contributed by atoms with Crippen LogP contribution < -0.4 is 25.4 Å². The lowest BCUT2D eigenvalue weighted by atomic mass is 9.98. The Hall–Kier alpha value is -2.84. The zero-order valence-electron chi connectivity index (χ0n) is 21.9. The molecule has 36 heavy (non-hydrogen) atoms. The van der Waals surface area contributed by atoms with Gasteiger partial charge in [0.15, 0.2) is 11.5 Å². The average molecular weight is 502 g/mol. The number of aliphatic hydroxyl groups excluding tert-OH is 1. The van der Waals surface area contributed by atoms with Crippen molar-refractivity contribution in [2.75, 3.05) is 44.4 Å². The normalized spacial score (nSPS) is 14.0. The summed E-state index contributed by atoms with van der Waals surface area (Å²) in [6.07, 6.45) is 2.24. The fourth-order valence-electron chi connectivity index (χ4n) is 4.38. The van der Waals surface area contributed by atoms with Gasteiger partial charge in [0.2, 0.25) is 0 Å². The van der Waals surface area contributed by atoms with Gasteiger partial charge in [-0.25, -0.2) is 4.39 Å². The summed E-state index contributed by atoms with van der Waals surface area (Å²) in [6.45, 7) is 11.4. The predicted molar refractivity (Wildman–Crippen MR) is 141 cm³/mol. The number of fused-ring (bicyclic) bond motifs is 1. The summed E-state index contributed by atoms with van der Waals surface area (Å²) >= 11 is 0. The van der Waals surface area contributed by atoms with E-state index in [1.165, 1.54) is 12.1 Å². The molecule has 1 atom stereocenters. The maximum Gasteiger partial charge on any atom is 0.250 e. The van der Waals surface area contributed by atoms with Crippen molar-refractivity contribution >= 4 is 11.6 Å². The van der Waals surface area contributed by atoms with Gasteiger partial charge in [-0.1, -0.05) is 26.8 Å². The first kappa shape index (κ1) is 27.7. The van der Waals surface area contributed by atoms with E-state index in [9.17, 15) is 14.3 Å². The van der Waals surface area contributed by atoms with E-state index < -0.39 is 5.91 Å². The Kier molecular flexibility index (Phi) is 9.56. The van der Waals surface area contributed by atoms with Gasteiger partial charge in [0.1, 0.15) is 12.4 Å². The van der Waals surface area contributed by atoms with Gasteiger partial charge in [-0.3, -0.25) is 4.79 Å². The van der Waals surface area contributed by atoms with Crippen LogP contribution in [0.5, 0.6) is 11.5 Å². The van der Waals surface area contributed by atoms with Crippen molar-refractivity contribution < 1.29 is 23.8 Å². The van der Waals surface area contributed by atoms with Crippen LogP contribution in [0.4, 0.5) is 10.1 Å². The van der Waals surface area contributed by atoms with Crippen LogP contribution in [0.3, 0.4) is 0 Å². The van der Waals surface area contributed by atoms with Gasteiger partial charge < -0.3 is 30.5 Å². The summed E-state index contributed by atoms with van der Waals surface area (Å²) in [5.74, 6) is 0.123. The minimum Gasteiger partial charge on any atom is -0.489 e. The second-order valence-corrected chi connectivity index (χ2v) is 10.7. The van der Waals surface area contributed by atoms with E-state index >= 15 is 0 Å². The molecule has 2 aromatic rings. The third kappa shape index (κ3) is 7.83. The average Bonchev–Trinajstić information content (AvgIpc) is 3.21. The molecule has 1 heterocycles. The van der Waals surface area contributed by atoms with Gasteiger partial charge >= 0.3 is 0 Å². The minimum absolute atomic E-state index is 0.0215. The van der Waals surface area contributed by atoms with Crippen LogP contribution in [0, 0.1) is 11.2 Å². The maximum atomic E-state index is 13.8. The minimum atomic E-state index is -0.433. The number of nitrogens with two attached hydrogens (primary N) is 1. The molecule has 1 unspecified atom stereocenters. The number of halogens is 1. The number of carbonyl (C=O) groups excluding carboxylic acids is 1. The molecular weight excluding hydrogens is 461 g/mol. The number of benzene rings is 2. The maximum absolute atomic E-state index is 13.8. The quantitative estimate of drug-likeness (QED) is 0.362. The summed E-state index contributed by atoms with van der Waals surface area (Å²) in [4.78, 5) is 14.3. The first-order valence-corrected chi connectivity index (χ1v) is 12.7. The lowest BCUT2D eigenvalue weighted by Crippen LogP contribution is -2.32. The third-order valence-electron chi connectivity index (χ3n) is 6.03. The number of primary amides is 1. The van der Waals surface area contributed by atoms with Gasteiger partial charge in [0.25, 0.3) is 5.91 Å². The topological polar surface area (TPSA) is 97.1 Å². The monoisotopic (exact) mass is 501 g/mol. The van der Waals surface area contributed by atoms with Crippen molar-refractivity contribution in [2.24, 2.45) is 11.1 Å². The van der Waals surface area contributed by atoms with Crippen molar-refractivity contribution in [3.8, 4) is 11.5 Å². The van der Waals surface area contributed by atoms with E-state index in [2.05, 4.69) is 44.0 Å². The highest BCUT2D eigenvalue weighted by Crippen LogP contribution is 2.34. The number of carbonyl (C=O) groups is 1. The van der Waals surface area contributed by atoms with Gasteiger partial charge in [-0.2, -0.15) is 0 Å². The molecular formula is C28H40FN3O4. The molecule has 198 valence electrons. The van der Waals surface area contributed by atoms with Crippen molar-refractivity contribution in [1.82, 2.24) is 5.32 Å². The Labute approximate surface area is 213 Å². The first-order valence-electron chi connectivity index (χ1n) is 12.7. The van der Waals surface area contributed by atoms with Crippen LogP contribution in [0.2, 0.25) is 0 Å². The molecule has 3 rings (SSSR count). The molecule has 0 aromatic heterocycles. The molecule has 0 fully saturated rings. The van der Waals surface area contributed by atoms with E-state index in [4.69, 9.17) is 15.2 Å². The smallest absolute Gasteiger partial charge is 0.250 e. The molecule has 0 spiro atoms. The van der Waals surface area contributed by atoms with Gasteiger partial charge in [-0.05, 0) is 60.9 Å². The Morgan fingerprint density at radius 1 is 1.22 bits per heavy atom. The number of hydrogen-bond donors (Lipinski definition) is 3. The standard InChI is InChI=1S/C28H40FN3O4/c1-19(31-9-13-35-25-17-22(29)6-7-24(25)36-18-28(2,3)4)14-20-15-21-8-11-32(10-5-12-33)26(21)23(16-20)27(30)34/h6-7,15-17,19,31,33H,5,8-14,18H2,1-4H3,(H2,30,34). The lowest BCUT2D eigenvalue weighted by Gasteiger charge is -2.22. The lowest BCUT2D eigenvalue weighted by molar-refractivity contribution is 0.100. The van der Waals surface area contributed by atoms with Crippen molar-refractivity contribution in [2.45, 2.75) is 53.0 Å². The largest absolute Gasteiger partial charge is 0.489 e. The van der Waals surface area contributed by atoms with Gasteiger partial charge in [-0.15, -0.1) is 0 Å². The van der Waals surface area contributed by atoms with Crippen LogP contribution in [-0.2, 0) is 12.8 Å². The number of nitrogens with zero attached hydrogens (tertiary/aromatic N) is 1. The number of amides is 1. The van der Waals surface area contributed by atoms with Crippen molar-refractivity contribution in [1.29, 1.82) is 0 Å². The molecule has 0 aliphatic carbocycles. The molecule has 2 aromatic carbocycles. The first-order chi connectivity index (χ1) is 17.1. The van der Waals surface area contributed by atoms with Crippen LogP contribution in [0.25, 0.3) is 0 Å². The fourth-order valence-corrected chi connectivity index (χ4v) is 4.38. The van der Waals surface area contributed by atoms with Crippen LogP contribution >= 0.6 is 0 Å². The summed E-state index contributed by atoms with van der Waals surface area (Å²) < 4.78 is 25.4. The highest BCUT2D eigenvalue weighted by atomic mass is 19.1. The summed E-state index contributed by atoms with van der Waals surface area (Å²) in [5.41, 5.74) is 9.33. The summed E-state index contributed by atoms with van der Waals surface area (Å²) in [6, 6.07) is 8.49. The highest BCUT2D eigenvalue weighted by Gasteiger charge is 2.25. The number of rotatable bonds is 13. The Balaban J connectivity index is 1.56. The number of nitrogens with one attached hydrogen (secondary N) is 1. The molecule has 0 saturated carbocycles. The predicted octanol–water partition coefficient (Wildman–Crippen LogP) is 3.69. The second-order valence-electron chi connectivity index (χ2n) is 10.7. The third-order valence-corrected chi connectivity index (χ3v) is 6.03. The van der Waals surface area contributed by atoms with E-state index in [-0.39, 0.29) is 23.9 Å². The Morgan fingerprint density at radius 2 is 2.00 bits per heavy atom. The van der Waals surface area contributed by atoms with Crippen LogP contribution in [0.15, 0.2) is 30.3 Å². The Bertz CT molecular complexity index is 1040. The SMILES string of the molecule is CC(Cc1cc2c(c(C(N)=O)c1)N(CCCO)CC2)NCCOc1cc(F)ccc1OCC(C)(C)C. The second kappa shape index (κ2) is 12.4. The zero-order valence-corrected chi connectivity index (χ0v) is 21.9. The number of anilines is 1. The molecule has 1 aliphatic rings. The molecule has 7 nitrogen and oxygen atoms in total. The fraction of sp³-hybridized carbons (Fsp3) is 0.536. The van der Waals surface area contributed by atoms with Crippen LogP contribution in [-0.4, -0.2) is 56.5 Å². The van der Waals surface area contributed by atoms with Gasteiger partial charge in [0.05, 0.1) is 17.9 Å². The molecule has 4 N–H and O–H groups in total. The van der Waals surface area contributed by atoms with Crippen LogP contribution in [0.1, 0.15) is 55.6 Å². The molecule has 1 aliphatic heterocycles. The Morgan fingerprint density at radius 3 is 2.69 bits per heavy atom. The molecule has 8 heteroatoms. The molecule has 0 bridgehead atoms. The zero-order chi connectivity index (χ0) is 26.3.